The van der Waals surface area contributed by atoms with E-state index < -0.39 is 5.97 Å². The summed E-state index contributed by atoms with van der Waals surface area (Å²) < 4.78 is 1.98. The van der Waals surface area contributed by atoms with Gasteiger partial charge in [-0.3, -0.25) is 9.69 Å². The van der Waals surface area contributed by atoms with Crippen LogP contribution >= 0.6 is 0 Å². The molecule has 0 radical (unpaired) electrons. The minimum atomic E-state index is -0.799. The van der Waals surface area contributed by atoms with Crippen molar-refractivity contribution >= 4 is 17.0 Å². The van der Waals surface area contributed by atoms with E-state index in [0.717, 1.165) is 74.0 Å². The molecule has 9 bridgehead atoms. The molecule has 184 valence electrons. The second-order valence-electron chi connectivity index (χ2n) is 10.3. The number of carbonyl (C=O) groups is 1. The first-order valence-electron chi connectivity index (χ1n) is 13.1. The van der Waals surface area contributed by atoms with Crippen LogP contribution in [0.5, 0.6) is 0 Å². The lowest BCUT2D eigenvalue weighted by molar-refractivity contribution is -0.137. The maximum atomic E-state index is 11.9. The summed E-state index contributed by atoms with van der Waals surface area (Å²) in [6.45, 7) is 3.72. The third-order valence-corrected chi connectivity index (χ3v) is 7.78. The standard InChI is InChI=1S/C30H32N4O2/c35-30(36)18-27-24-7-4-6-22(16-24)19-33-14-12-23-9-8-21(15-26(23)20-33)5-2-1-3-13-34-29-11-10-25(27)17-28(29)31-32-34/h4,6-11,15-17,27H,1-3,5,12-14,18-20H2,(H,35,36). The molecule has 1 aromatic heterocycles. The highest BCUT2D eigenvalue weighted by molar-refractivity contribution is 5.76. The molecule has 3 aliphatic heterocycles. The summed E-state index contributed by atoms with van der Waals surface area (Å²) in [4.78, 5) is 14.4. The summed E-state index contributed by atoms with van der Waals surface area (Å²) in [5, 5.41) is 18.6. The van der Waals surface area contributed by atoms with Crippen molar-refractivity contribution in [2.75, 3.05) is 6.54 Å². The zero-order chi connectivity index (χ0) is 24.5. The van der Waals surface area contributed by atoms with Crippen molar-refractivity contribution in [1.29, 1.82) is 0 Å². The van der Waals surface area contributed by atoms with E-state index in [2.05, 4.69) is 69.8 Å². The fourth-order valence-electron chi connectivity index (χ4n) is 5.87. The minimum absolute atomic E-state index is 0.0446. The van der Waals surface area contributed by atoms with Crippen molar-refractivity contribution in [3.8, 4) is 0 Å². The number of carboxylic acid groups (broad SMARTS) is 1. The number of aryl methyl sites for hydroxylation is 2. The van der Waals surface area contributed by atoms with Crippen LogP contribution in [0.2, 0.25) is 0 Å². The molecule has 4 aromatic rings. The van der Waals surface area contributed by atoms with Gasteiger partial charge in [0, 0.05) is 32.1 Å². The second kappa shape index (κ2) is 9.86. The quantitative estimate of drug-likeness (QED) is 0.420. The molecule has 1 N–H and O–H groups in total. The molecule has 2 unspecified atom stereocenters. The monoisotopic (exact) mass is 480 g/mol. The Morgan fingerprint density at radius 3 is 2.69 bits per heavy atom. The van der Waals surface area contributed by atoms with Gasteiger partial charge < -0.3 is 5.11 Å². The Balaban J connectivity index is 1.38. The van der Waals surface area contributed by atoms with Gasteiger partial charge in [0.25, 0.3) is 0 Å². The Bertz CT molecular complexity index is 1410. The number of carboxylic acids is 1. The van der Waals surface area contributed by atoms with E-state index in [1.807, 2.05) is 10.7 Å². The molecule has 7 rings (SSSR count). The zero-order valence-electron chi connectivity index (χ0n) is 20.6. The van der Waals surface area contributed by atoms with Crippen molar-refractivity contribution < 1.29 is 9.90 Å². The predicted molar refractivity (Wildman–Crippen MR) is 140 cm³/mol. The molecule has 6 nitrogen and oxygen atoms in total. The van der Waals surface area contributed by atoms with Gasteiger partial charge in [-0.2, -0.15) is 0 Å². The Labute approximate surface area is 211 Å². The number of aromatic nitrogens is 3. The molecule has 0 spiro atoms. The summed E-state index contributed by atoms with van der Waals surface area (Å²) in [6.07, 6.45) is 5.62. The van der Waals surface area contributed by atoms with Crippen molar-refractivity contribution in [3.63, 3.8) is 0 Å². The van der Waals surface area contributed by atoms with E-state index >= 15 is 0 Å². The Kier molecular flexibility index (Phi) is 6.28. The van der Waals surface area contributed by atoms with Gasteiger partial charge in [-0.05, 0) is 71.2 Å². The maximum absolute atomic E-state index is 11.9. The topological polar surface area (TPSA) is 71.2 Å². The third-order valence-electron chi connectivity index (χ3n) is 7.78. The summed E-state index contributed by atoms with van der Waals surface area (Å²) in [5.41, 5.74) is 9.44. The van der Waals surface area contributed by atoms with Crippen LogP contribution in [0.3, 0.4) is 0 Å². The number of aliphatic carboxylic acids is 1. The highest BCUT2D eigenvalue weighted by Crippen LogP contribution is 2.31. The molecule has 0 amide bonds. The molecule has 4 heterocycles. The van der Waals surface area contributed by atoms with Gasteiger partial charge in [0.1, 0.15) is 5.52 Å². The van der Waals surface area contributed by atoms with Crippen molar-refractivity contribution in [1.82, 2.24) is 19.9 Å². The van der Waals surface area contributed by atoms with Crippen LogP contribution < -0.4 is 0 Å². The number of fused-ring (bicyclic) bond motifs is 5. The van der Waals surface area contributed by atoms with E-state index in [1.165, 1.54) is 28.7 Å². The molecule has 0 aliphatic carbocycles. The molecule has 3 aliphatic rings. The average molecular weight is 481 g/mol. The van der Waals surface area contributed by atoms with Crippen molar-refractivity contribution in [3.05, 3.63) is 94.0 Å². The number of rotatable bonds is 2. The highest BCUT2D eigenvalue weighted by Gasteiger charge is 2.21. The molecule has 0 saturated heterocycles. The largest absolute Gasteiger partial charge is 0.481 e. The number of nitrogens with zero attached hydrogens (tertiary/aromatic N) is 4. The fraction of sp³-hybridized carbons (Fsp3) is 0.367. The molecule has 3 aromatic carbocycles. The summed E-state index contributed by atoms with van der Waals surface area (Å²) in [5.74, 6) is -1.03. The minimum Gasteiger partial charge on any atom is -0.481 e. The fourth-order valence-corrected chi connectivity index (χ4v) is 5.87. The average Bonchev–Trinajstić information content (AvgIpc) is 3.28. The third kappa shape index (κ3) is 4.78. The van der Waals surface area contributed by atoms with E-state index in [0.29, 0.717) is 0 Å². The summed E-state index contributed by atoms with van der Waals surface area (Å²) >= 11 is 0. The van der Waals surface area contributed by atoms with Crippen LogP contribution in [0.4, 0.5) is 0 Å². The molecule has 2 atom stereocenters. The Hall–Kier alpha value is -3.51. The normalized spacial score (nSPS) is 20.1. The molecule has 0 saturated carbocycles. The smallest absolute Gasteiger partial charge is 0.304 e. The SMILES string of the molecule is O=C(O)CC1c2cccc(c2)CN2CCc3ccc(cc3C2)CCCCCn2nnc3cc1ccc32. The Morgan fingerprint density at radius 2 is 1.78 bits per heavy atom. The van der Waals surface area contributed by atoms with Gasteiger partial charge in [-0.1, -0.05) is 60.2 Å². The first-order chi connectivity index (χ1) is 17.6. The summed E-state index contributed by atoms with van der Waals surface area (Å²) in [6, 6.07) is 21.7. The maximum Gasteiger partial charge on any atom is 0.304 e. The van der Waals surface area contributed by atoms with Gasteiger partial charge in [-0.25, -0.2) is 4.68 Å². The number of hydrogen-bond acceptors (Lipinski definition) is 4. The van der Waals surface area contributed by atoms with Crippen LogP contribution in [0.1, 0.15) is 65.0 Å². The Morgan fingerprint density at radius 1 is 0.861 bits per heavy atom. The van der Waals surface area contributed by atoms with Crippen LogP contribution in [-0.2, 0) is 37.3 Å². The van der Waals surface area contributed by atoms with E-state index in [1.54, 1.807) is 0 Å². The molecular weight excluding hydrogens is 448 g/mol. The highest BCUT2D eigenvalue weighted by atomic mass is 16.4. The van der Waals surface area contributed by atoms with Crippen molar-refractivity contribution in [2.24, 2.45) is 0 Å². The lowest BCUT2D eigenvalue weighted by atomic mass is 9.87. The first-order valence-corrected chi connectivity index (χ1v) is 13.1. The summed E-state index contributed by atoms with van der Waals surface area (Å²) in [7, 11) is 0. The number of benzene rings is 3. The van der Waals surface area contributed by atoms with Crippen molar-refractivity contribution in [2.45, 2.75) is 64.1 Å². The second-order valence-corrected chi connectivity index (χ2v) is 10.3. The van der Waals surface area contributed by atoms with Gasteiger partial charge in [-0.15, -0.1) is 5.10 Å². The molecular formula is C30H32N4O2. The van der Waals surface area contributed by atoms with E-state index in [-0.39, 0.29) is 12.3 Å². The van der Waals surface area contributed by atoms with E-state index in [9.17, 15) is 9.90 Å². The first kappa shape index (κ1) is 22.9. The molecule has 0 fully saturated rings. The molecule has 36 heavy (non-hydrogen) atoms. The van der Waals surface area contributed by atoms with Crippen LogP contribution in [-0.4, -0.2) is 37.5 Å². The van der Waals surface area contributed by atoms with Crippen LogP contribution in [0, 0.1) is 0 Å². The van der Waals surface area contributed by atoms with Gasteiger partial charge in [0.05, 0.1) is 11.9 Å². The number of hydrogen-bond donors (Lipinski definition) is 1. The van der Waals surface area contributed by atoms with Gasteiger partial charge >= 0.3 is 5.97 Å². The van der Waals surface area contributed by atoms with E-state index in [4.69, 9.17) is 0 Å². The van der Waals surface area contributed by atoms with Gasteiger partial charge in [0.2, 0.25) is 0 Å². The molecule has 6 heteroatoms. The van der Waals surface area contributed by atoms with Gasteiger partial charge in [0.15, 0.2) is 0 Å². The lowest BCUT2D eigenvalue weighted by Crippen LogP contribution is -2.30. The predicted octanol–water partition coefficient (Wildman–Crippen LogP) is 5.32. The lowest BCUT2D eigenvalue weighted by Gasteiger charge is -2.29. The van der Waals surface area contributed by atoms with Crippen LogP contribution in [0.25, 0.3) is 11.0 Å². The zero-order valence-corrected chi connectivity index (χ0v) is 20.6. The van der Waals surface area contributed by atoms with Crippen LogP contribution in [0.15, 0.2) is 60.7 Å².